The lowest BCUT2D eigenvalue weighted by atomic mass is 9.73. The van der Waals surface area contributed by atoms with Gasteiger partial charge in [0, 0.05) is 18.9 Å². The molecule has 0 spiro atoms. The largest absolute Gasteiger partial charge is 0.495 e. The maximum Gasteiger partial charge on any atom is 0.235 e. The molecule has 2 aromatic rings. The highest BCUT2D eigenvalue weighted by atomic mass is 16.5. The average molecular weight is 350 g/mol. The van der Waals surface area contributed by atoms with Crippen LogP contribution in [0.1, 0.15) is 29.5 Å². The lowest BCUT2D eigenvalue weighted by Gasteiger charge is -2.36. The van der Waals surface area contributed by atoms with Crippen molar-refractivity contribution in [3.05, 3.63) is 59.2 Å². The lowest BCUT2D eigenvalue weighted by molar-refractivity contribution is -0.125. The molecule has 0 aromatic heterocycles. The van der Waals surface area contributed by atoms with Crippen LogP contribution in [-0.4, -0.2) is 26.2 Å². The number of ether oxygens (including phenoxy) is 2. The van der Waals surface area contributed by atoms with Gasteiger partial charge < -0.3 is 14.8 Å². The van der Waals surface area contributed by atoms with Crippen LogP contribution in [0.3, 0.4) is 0 Å². The summed E-state index contributed by atoms with van der Waals surface area (Å²) in [5.74, 6) is 0.422. The number of amides is 1. The Bertz CT molecular complexity index is 849. The van der Waals surface area contributed by atoms with Gasteiger partial charge >= 0.3 is 0 Å². The van der Waals surface area contributed by atoms with Crippen molar-refractivity contribution in [3.8, 4) is 11.8 Å². The van der Waals surface area contributed by atoms with Gasteiger partial charge in [-0.2, -0.15) is 5.26 Å². The van der Waals surface area contributed by atoms with Gasteiger partial charge in [0.25, 0.3) is 0 Å². The zero-order chi connectivity index (χ0) is 18.6. The van der Waals surface area contributed by atoms with Gasteiger partial charge in [0.05, 0.1) is 18.1 Å². The number of carbonyl (C=O) groups excluding carboxylic acids is 1. The molecule has 2 aromatic carbocycles. The SMILES string of the molecule is COc1ccc(NC(=O)C2(c3cccc(C)c3)CCOCC2)cc1C#N. The van der Waals surface area contributed by atoms with Gasteiger partial charge in [0.2, 0.25) is 5.91 Å². The van der Waals surface area contributed by atoms with Gasteiger partial charge in [0.1, 0.15) is 11.8 Å². The number of hydrogen-bond donors (Lipinski definition) is 1. The van der Waals surface area contributed by atoms with Crippen molar-refractivity contribution >= 4 is 11.6 Å². The summed E-state index contributed by atoms with van der Waals surface area (Å²) in [6, 6.07) is 15.3. The van der Waals surface area contributed by atoms with E-state index in [4.69, 9.17) is 9.47 Å². The van der Waals surface area contributed by atoms with E-state index in [-0.39, 0.29) is 5.91 Å². The fraction of sp³-hybridized carbons (Fsp3) is 0.333. The van der Waals surface area contributed by atoms with Crippen molar-refractivity contribution in [1.29, 1.82) is 5.26 Å². The summed E-state index contributed by atoms with van der Waals surface area (Å²) >= 11 is 0. The molecule has 3 rings (SSSR count). The number of nitriles is 1. The molecule has 1 aliphatic rings. The third-order valence-electron chi connectivity index (χ3n) is 4.93. The molecule has 1 aliphatic heterocycles. The predicted molar refractivity (Wildman–Crippen MR) is 99.2 cm³/mol. The molecule has 1 fully saturated rings. The number of benzene rings is 2. The van der Waals surface area contributed by atoms with Crippen LogP contribution in [0, 0.1) is 18.3 Å². The summed E-state index contributed by atoms with van der Waals surface area (Å²) in [5.41, 5.74) is 2.48. The van der Waals surface area contributed by atoms with Gasteiger partial charge in [-0.3, -0.25) is 4.79 Å². The van der Waals surface area contributed by atoms with Gasteiger partial charge in [-0.05, 0) is 43.5 Å². The van der Waals surface area contributed by atoms with Gasteiger partial charge in [-0.1, -0.05) is 29.8 Å². The molecule has 0 saturated carbocycles. The van der Waals surface area contributed by atoms with Crippen LogP contribution >= 0.6 is 0 Å². The van der Waals surface area contributed by atoms with Crippen molar-refractivity contribution in [2.24, 2.45) is 0 Å². The minimum absolute atomic E-state index is 0.0690. The van der Waals surface area contributed by atoms with Crippen LogP contribution < -0.4 is 10.1 Å². The van der Waals surface area contributed by atoms with Crippen LogP contribution in [-0.2, 0) is 14.9 Å². The van der Waals surface area contributed by atoms with E-state index in [9.17, 15) is 10.1 Å². The zero-order valence-electron chi connectivity index (χ0n) is 15.0. The molecule has 1 amide bonds. The van der Waals surface area contributed by atoms with Crippen LogP contribution in [0.5, 0.6) is 5.75 Å². The van der Waals surface area contributed by atoms with Gasteiger partial charge in [0.15, 0.2) is 0 Å². The first-order valence-corrected chi connectivity index (χ1v) is 8.63. The Morgan fingerprint density at radius 3 is 2.65 bits per heavy atom. The molecule has 1 saturated heterocycles. The number of nitrogens with zero attached hydrogens (tertiary/aromatic N) is 1. The third-order valence-corrected chi connectivity index (χ3v) is 4.93. The Morgan fingerprint density at radius 2 is 2.00 bits per heavy atom. The Morgan fingerprint density at radius 1 is 1.23 bits per heavy atom. The van der Waals surface area contributed by atoms with Crippen molar-refractivity contribution in [1.82, 2.24) is 0 Å². The molecule has 0 aliphatic carbocycles. The summed E-state index contributed by atoms with van der Waals surface area (Å²) in [4.78, 5) is 13.3. The number of methoxy groups -OCH3 is 1. The summed E-state index contributed by atoms with van der Waals surface area (Å²) in [6.07, 6.45) is 1.26. The van der Waals surface area contributed by atoms with E-state index in [1.165, 1.54) is 7.11 Å². The number of rotatable bonds is 4. The van der Waals surface area contributed by atoms with Crippen LogP contribution in [0.25, 0.3) is 0 Å². The molecule has 0 bridgehead atoms. The van der Waals surface area contributed by atoms with Crippen molar-refractivity contribution < 1.29 is 14.3 Å². The first-order valence-electron chi connectivity index (χ1n) is 8.63. The fourth-order valence-electron chi connectivity index (χ4n) is 3.43. The van der Waals surface area contributed by atoms with Crippen LogP contribution in [0.2, 0.25) is 0 Å². The first-order chi connectivity index (χ1) is 12.6. The van der Waals surface area contributed by atoms with E-state index in [0.29, 0.717) is 43.1 Å². The number of anilines is 1. The second-order valence-electron chi connectivity index (χ2n) is 6.54. The van der Waals surface area contributed by atoms with E-state index < -0.39 is 5.41 Å². The fourth-order valence-corrected chi connectivity index (χ4v) is 3.43. The summed E-state index contributed by atoms with van der Waals surface area (Å²) in [5, 5.41) is 12.3. The highest BCUT2D eigenvalue weighted by Gasteiger charge is 2.41. The second-order valence-corrected chi connectivity index (χ2v) is 6.54. The maximum absolute atomic E-state index is 13.3. The Kier molecular flexibility index (Phi) is 5.24. The van der Waals surface area contributed by atoms with Crippen molar-refractivity contribution in [3.63, 3.8) is 0 Å². The van der Waals surface area contributed by atoms with Crippen molar-refractivity contribution in [2.75, 3.05) is 25.6 Å². The smallest absolute Gasteiger partial charge is 0.235 e. The maximum atomic E-state index is 13.3. The number of carbonyl (C=O) groups is 1. The topological polar surface area (TPSA) is 71.3 Å². The molecular formula is C21H22N2O3. The summed E-state index contributed by atoms with van der Waals surface area (Å²) < 4.78 is 10.7. The molecule has 1 heterocycles. The molecule has 5 nitrogen and oxygen atoms in total. The summed E-state index contributed by atoms with van der Waals surface area (Å²) in [7, 11) is 1.52. The number of nitrogens with one attached hydrogen (secondary N) is 1. The molecule has 0 unspecified atom stereocenters. The Labute approximate surface area is 153 Å². The standard InChI is InChI=1S/C21H22N2O3/c1-15-4-3-5-17(12-15)21(8-10-26-11-9-21)20(24)23-18-6-7-19(25-2)16(13-18)14-22/h3-7,12-13H,8-11H2,1-2H3,(H,23,24). The highest BCUT2D eigenvalue weighted by molar-refractivity contribution is 5.99. The quantitative estimate of drug-likeness (QED) is 0.915. The Balaban J connectivity index is 1.93. The molecule has 5 heteroatoms. The molecule has 0 radical (unpaired) electrons. The minimum Gasteiger partial charge on any atom is -0.495 e. The van der Waals surface area contributed by atoms with Gasteiger partial charge in [-0.25, -0.2) is 0 Å². The average Bonchev–Trinajstić information content (AvgIpc) is 2.68. The van der Waals surface area contributed by atoms with E-state index in [0.717, 1.165) is 11.1 Å². The summed E-state index contributed by atoms with van der Waals surface area (Å²) in [6.45, 7) is 3.12. The Hall–Kier alpha value is -2.84. The van der Waals surface area contributed by atoms with E-state index in [2.05, 4.69) is 17.5 Å². The molecule has 0 atom stereocenters. The second kappa shape index (κ2) is 7.59. The highest BCUT2D eigenvalue weighted by Crippen LogP contribution is 2.37. The predicted octanol–water partition coefficient (Wildman–Crippen LogP) is 3.56. The minimum atomic E-state index is -0.628. The monoisotopic (exact) mass is 350 g/mol. The molecule has 1 N–H and O–H groups in total. The zero-order valence-corrected chi connectivity index (χ0v) is 15.0. The third kappa shape index (κ3) is 3.42. The number of aryl methyl sites for hydroxylation is 1. The number of hydrogen-bond acceptors (Lipinski definition) is 4. The van der Waals surface area contributed by atoms with E-state index >= 15 is 0 Å². The lowest BCUT2D eigenvalue weighted by Crippen LogP contribution is -2.44. The van der Waals surface area contributed by atoms with Crippen LogP contribution in [0.4, 0.5) is 5.69 Å². The van der Waals surface area contributed by atoms with Crippen molar-refractivity contribution in [2.45, 2.75) is 25.2 Å². The normalized spacial score (nSPS) is 15.7. The van der Waals surface area contributed by atoms with E-state index in [1.54, 1.807) is 18.2 Å². The van der Waals surface area contributed by atoms with E-state index in [1.807, 2.05) is 25.1 Å². The first kappa shape index (κ1) is 18.0. The molecule has 26 heavy (non-hydrogen) atoms. The molecular weight excluding hydrogens is 328 g/mol. The van der Waals surface area contributed by atoms with Gasteiger partial charge in [-0.15, -0.1) is 0 Å². The van der Waals surface area contributed by atoms with Crippen LogP contribution in [0.15, 0.2) is 42.5 Å². The molecule has 134 valence electrons.